The van der Waals surface area contributed by atoms with E-state index in [9.17, 15) is 4.79 Å². The minimum absolute atomic E-state index is 0.117. The minimum atomic E-state index is -0.453. The molecule has 178 valence electrons. The van der Waals surface area contributed by atoms with Gasteiger partial charge in [-0.2, -0.15) is 0 Å². The Hall–Kier alpha value is -3.61. The number of ether oxygens (including phenoxy) is 1. The number of aromatic nitrogens is 1. The van der Waals surface area contributed by atoms with Crippen molar-refractivity contribution in [3.8, 4) is 22.5 Å². The highest BCUT2D eigenvalue weighted by molar-refractivity contribution is 5.87. The zero-order chi connectivity index (χ0) is 24.5. The molecule has 4 rings (SSSR count). The summed E-state index contributed by atoms with van der Waals surface area (Å²) in [6.45, 7) is 8.21. The summed E-state index contributed by atoms with van der Waals surface area (Å²) in [7, 11) is 1.91. The number of benzene rings is 2. The lowest BCUT2D eigenvalue weighted by molar-refractivity contribution is -0.146. The molecule has 1 aliphatic rings. The molecule has 0 unspecified atom stereocenters. The lowest BCUT2D eigenvalue weighted by atomic mass is 9.93. The molecule has 1 saturated carbocycles. The molecule has 2 N–H and O–H groups in total. The first-order valence-electron chi connectivity index (χ1n) is 11.7. The summed E-state index contributed by atoms with van der Waals surface area (Å²) >= 11 is 0. The molecule has 0 radical (unpaired) electrons. The van der Waals surface area contributed by atoms with Crippen LogP contribution < -0.4 is 5.73 Å². The quantitative estimate of drug-likeness (QED) is 0.296. The van der Waals surface area contributed by atoms with Crippen LogP contribution in [0.1, 0.15) is 44.9 Å². The average Bonchev–Trinajstić information content (AvgIpc) is 3.58. The van der Waals surface area contributed by atoms with Crippen molar-refractivity contribution in [2.45, 2.75) is 52.0 Å². The molecule has 1 aromatic heterocycles. The molecular weight excluding hydrogens is 428 g/mol. The van der Waals surface area contributed by atoms with Crippen LogP contribution in [-0.4, -0.2) is 41.7 Å². The van der Waals surface area contributed by atoms with Crippen LogP contribution in [0.5, 0.6) is 0 Å². The number of guanidine groups is 1. The van der Waals surface area contributed by atoms with Gasteiger partial charge in [0.2, 0.25) is 0 Å². The largest absolute Gasteiger partial charge is 0.465 e. The number of hydrogen-bond acceptors (Lipinski definition) is 5. The second kappa shape index (κ2) is 9.33. The maximum atomic E-state index is 12.4. The maximum Gasteiger partial charge on any atom is 0.316 e. The number of nitrogens with zero attached hydrogens (tertiary/aromatic N) is 3. The number of esters is 1. The summed E-state index contributed by atoms with van der Waals surface area (Å²) in [4.78, 5) is 18.9. The van der Waals surface area contributed by atoms with Gasteiger partial charge in [-0.15, -0.1) is 0 Å². The van der Waals surface area contributed by atoms with E-state index in [-0.39, 0.29) is 12.0 Å². The Morgan fingerprint density at radius 2 is 1.68 bits per heavy atom. The average molecular weight is 461 g/mol. The fourth-order valence-electron chi connectivity index (χ4n) is 3.94. The van der Waals surface area contributed by atoms with Gasteiger partial charge in [0.05, 0.1) is 12.0 Å². The van der Waals surface area contributed by atoms with E-state index >= 15 is 0 Å². The van der Waals surface area contributed by atoms with Crippen LogP contribution in [0, 0.1) is 6.92 Å². The molecule has 2 aromatic carbocycles. The molecule has 0 amide bonds. The second-order valence-corrected chi connectivity index (χ2v) is 9.08. The Kier molecular flexibility index (Phi) is 6.46. The third-order valence-electron chi connectivity index (χ3n) is 6.53. The van der Waals surface area contributed by atoms with Crippen molar-refractivity contribution in [3.63, 3.8) is 0 Å². The Balaban J connectivity index is 1.56. The smallest absolute Gasteiger partial charge is 0.316 e. The van der Waals surface area contributed by atoms with Gasteiger partial charge in [-0.3, -0.25) is 4.79 Å². The summed E-state index contributed by atoms with van der Waals surface area (Å²) in [6.07, 6.45) is 1.69. The van der Waals surface area contributed by atoms with Crippen molar-refractivity contribution in [1.82, 2.24) is 10.1 Å². The third kappa shape index (κ3) is 4.42. The summed E-state index contributed by atoms with van der Waals surface area (Å²) < 4.78 is 10.9. The first kappa shape index (κ1) is 23.5. The van der Waals surface area contributed by atoms with E-state index in [0.717, 1.165) is 35.1 Å². The van der Waals surface area contributed by atoms with Crippen molar-refractivity contribution in [2.75, 3.05) is 13.7 Å². The van der Waals surface area contributed by atoms with Crippen molar-refractivity contribution in [3.05, 3.63) is 59.8 Å². The number of aryl methyl sites for hydroxylation is 1. The van der Waals surface area contributed by atoms with E-state index < -0.39 is 5.41 Å². The van der Waals surface area contributed by atoms with E-state index in [1.54, 1.807) is 0 Å². The molecule has 1 heterocycles. The van der Waals surface area contributed by atoms with Crippen LogP contribution in [0.3, 0.4) is 0 Å². The van der Waals surface area contributed by atoms with Crippen molar-refractivity contribution in [1.29, 1.82) is 0 Å². The summed E-state index contributed by atoms with van der Waals surface area (Å²) in [6, 6.07) is 16.5. The molecule has 0 bridgehead atoms. The monoisotopic (exact) mass is 460 g/mol. The Labute approximate surface area is 200 Å². The normalized spacial score (nSPS) is 14.8. The molecule has 0 atom stereocenters. The van der Waals surface area contributed by atoms with E-state index in [0.29, 0.717) is 29.7 Å². The van der Waals surface area contributed by atoms with Crippen molar-refractivity contribution < 1.29 is 14.1 Å². The SMILES string of the molecule is CCOC(=O)C1(c2ccc(-c3ccc(-c4onc(C)c4N=C(N)N(C)C(C)C)cc3)cc2)CC1. The van der Waals surface area contributed by atoms with Crippen LogP contribution in [0.4, 0.5) is 5.69 Å². The zero-order valence-electron chi connectivity index (χ0n) is 20.5. The highest BCUT2D eigenvalue weighted by atomic mass is 16.5. The maximum absolute atomic E-state index is 12.4. The predicted molar refractivity (Wildman–Crippen MR) is 134 cm³/mol. The fourth-order valence-corrected chi connectivity index (χ4v) is 3.94. The van der Waals surface area contributed by atoms with Gasteiger partial charge >= 0.3 is 5.97 Å². The van der Waals surface area contributed by atoms with E-state index in [2.05, 4.69) is 36.1 Å². The molecule has 0 saturated heterocycles. The van der Waals surface area contributed by atoms with Gasteiger partial charge in [0, 0.05) is 18.7 Å². The first-order chi connectivity index (χ1) is 16.3. The topological polar surface area (TPSA) is 93.9 Å². The Morgan fingerprint density at radius 3 is 2.21 bits per heavy atom. The van der Waals surface area contributed by atoms with E-state index in [1.807, 2.05) is 62.2 Å². The van der Waals surface area contributed by atoms with Gasteiger partial charge < -0.3 is 19.9 Å². The van der Waals surface area contributed by atoms with Crippen LogP contribution in [-0.2, 0) is 14.9 Å². The van der Waals surface area contributed by atoms with Crippen LogP contribution in [0.25, 0.3) is 22.5 Å². The zero-order valence-corrected chi connectivity index (χ0v) is 20.5. The second-order valence-electron chi connectivity index (χ2n) is 9.08. The third-order valence-corrected chi connectivity index (χ3v) is 6.53. The van der Waals surface area contributed by atoms with Gasteiger partial charge in [-0.1, -0.05) is 53.7 Å². The molecule has 1 fully saturated rings. The number of rotatable bonds is 7. The van der Waals surface area contributed by atoms with Gasteiger partial charge in [-0.25, -0.2) is 4.99 Å². The molecule has 7 nitrogen and oxygen atoms in total. The molecular formula is C27H32N4O3. The highest BCUT2D eigenvalue weighted by Gasteiger charge is 2.52. The number of hydrogen-bond donors (Lipinski definition) is 1. The number of nitrogens with two attached hydrogens (primary N) is 1. The molecule has 7 heteroatoms. The lowest BCUT2D eigenvalue weighted by Crippen LogP contribution is -2.38. The molecule has 1 aliphatic carbocycles. The van der Waals surface area contributed by atoms with Crippen molar-refractivity contribution >= 4 is 17.6 Å². The number of carbonyl (C=O) groups excluding carboxylic acids is 1. The standard InChI is InChI=1S/C27H32N4O3/c1-6-33-25(32)27(15-16-27)22-13-11-20(12-14-22)19-7-9-21(10-8-19)24-23(18(4)30-34-24)29-26(28)31(5)17(2)3/h7-14,17H,6,15-16H2,1-5H3,(H2,28,29). The van der Waals surface area contributed by atoms with Gasteiger partial charge in [0.1, 0.15) is 11.4 Å². The van der Waals surface area contributed by atoms with Crippen LogP contribution in [0.15, 0.2) is 58.0 Å². The van der Waals surface area contributed by atoms with Crippen LogP contribution >= 0.6 is 0 Å². The highest BCUT2D eigenvalue weighted by Crippen LogP contribution is 2.49. The van der Waals surface area contributed by atoms with Crippen LogP contribution in [0.2, 0.25) is 0 Å². The van der Waals surface area contributed by atoms with Gasteiger partial charge in [0.15, 0.2) is 11.7 Å². The van der Waals surface area contributed by atoms with Gasteiger partial charge in [0.25, 0.3) is 0 Å². The summed E-state index contributed by atoms with van der Waals surface area (Å²) in [5.41, 5.74) is 11.1. The number of aliphatic imine (C=N–C) groups is 1. The Morgan fingerprint density at radius 1 is 1.12 bits per heavy atom. The minimum Gasteiger partial charge on any atom is -0.465 e. The lowest BCUT2D eigenvalue weighted by Gasteiger charge is -2.22. The predicted octanol–water partition coefficient (Wildman–Crippen LogP) is 5.20. The summed E-state index contributed by atoms with van der Waals surface area (Å²) in [5.74, 6) is 0.883. The molecule has 3 aromatic rings. The molecule has 0 aliphatic heterocycles. The summed E-state index contributed by atoms with van der Waals surface area (Å²) in [5, 5.41) is 4.10. The van der Waals surface area contributed by atoms with Crippen molar-refractivity contribution in [2.24, 2.45) is 10.7 Å². The van der Waals surface area contributed by atoms with E-state index in [1.165, 1.54) is 0 Å². The van der Waals surface area contributed by atoms with E-state index in [4.69, 9.17) is 15.0 Å². The number of carbonyl (C=O) groups is 1. The Bertz CT molecular complexity index is 1190. The molecule has 34 heavy (non-hydrogen) atoms. The first-order valence-corrected chi connectivity index (χ1v) is 11.7. The fraction of sp³-hybridized carbons (Fsp3) is 0.370. The van der Waals surface area contributed by atoms with Gasteiger partial charge in [-0.05, 0) is 57.2 Å². The molecule has 0 spiro atoms.